The van der Waals surface area contributed by atoms with Crippen LogP contribution in [-0.4, -0.2) is 15.6 Å². The summed E-state index contributed by atoms with van der Waals surface area (Å²) in [4.78, 5) is 0. The Kier molecular flexibility index (Phi) is 3.11. The van der Waals surface area contributed by atoms with E-state index in [-0.39, 0.29) is 0 Å². The van der Waals surface area contributed by atoms with Crippen molar-refractivity contribution in [1.29, 1.82) is 0 Å². The van der Waals surface area contributed by atoms with E-state index in [9.17, 15) is 0 Å². The molecule has 5 heteroatoms. The van der Waals surface area contributed by atoms with Crippen LogP contribution in [0.1, 0.15) is 24.3 Å². The summed E-state index contributed by atoms with van der Waals surface area (Å²) in [6.07, 6.45) is 4.18. The third-order valence-corrected chi connectivity index (χ3v) is 4.31. The standard InChI is InChI=1S/C12H12BrN3S/c13-10-3-1-8(2-4-10)9-5-11(6-9)15-12-7-14-16-17-12/h1-4,7,9,11,15H,5-6H2. The first-order valence-electron chi connectivity index (χ1n) is 5.60. The van der Waals surface area contributed by atoms with E-state index in [4.69, 9.17) is 0 Å². The Balaban J connectivity index is 1.56. The van der Waals surface area contributed by atoms with Crippen molar-refractivity contribution >= 4 is 32.5 Å². The van der Waals surface area contributed by atoms with Crippen molar-refractivity contribution in [2.24, 2.45) is 0 Å². The Morgan fingerprint density at radius 2 is 2.00 bits per heavy atom. The second-order valence-corrected chi connectivity index (χ2v) is 6.04. The Morgan fingerprint density at radius 1 is 1.24 bits per heavy atom. The molecule has 3 nitrogen and oxygen atoms in total. The fourth-order valence-corrected chi connectivity index (χ4v) is 2.93. The smallest absolute Gasteiger partial charge is 0.130 e. The molecular formula is C12H12BrN3S. The summed E-state index contributed by atoms with van der Waals surface area (Å²) in [6.45, 7) is 0. The van der Waals surface area contributed by atoms with Crippen molar-refractivity contribution in [2.75, 3.05) is 5.32 Å². The van der Waals surface area contributed by atoms with E-state index < -0.39 is 0 Å². The van der Waals surface area contributed by atoms with Gasteiger partial charge in [0.05, 0.1) is 6.20 Å². The molecule has 0 unspecified atom stereocenters. The van der Waals surface area contributed by atoms with Crippen LogP contribution in [0.15, 0.2) is 34.9 Å². The third-order valence-electron chi connectivity index (χ3n) is 3.19. The molecule has 0 atom stereocenters. The van der Waals surface area contributed by atoms with Crippen molar-refractivity contribution in [2.45, 2.75) is 24.8 Å². The van der Waals surface area contributed by atoms with Gasteiger partial charge in [-0.1, -0.05) is 32.6 Å². The van der Waals surface area contributed by atoms with Crippen molar-refractivity contribution in [1.82, 2.24) is 9.59 Å². The summed E-state index contributed by atoms with van der Waals surface area (Å²) in [5.41, 5.74) is 1.44. The average Bonchev–Trinajstić information content (AvgIpc) is 2.77. The highest BCUT2D eigenvalue weighted by Crippen LogP contribution is 2.38. The zero-order valence-electron chi connectivity index (χ0n) is 9.14. The second-order valence-electron chi connectivity index (χ2n) is 4.34. The van der Waals surface area contributed by atoms with Crippen molar-refractivity contribution in [3.05, 3.63) is 40.5 Å². The summed E-state index contributed by atoms with van der Waals surface area (Å²) >= 11 is 4.88. The van der Waals surface area contributed by atoms with Crippen molar-refractivity contribution in [3.8, 4) is 0 Å². The first kappa shape index (κ1) is 11.2. The first-order valence-corrected chi connectivity index (χ1v) is 7.17. The van der Waals surface area contributed by atoms with Crippen LogP contribution < -0.4 is 5.32 Å². The van der Waals surface area contributed by atoms with Crippen LogP contribution in [0.4, 0.5) is 5.00 Å². The lowest BCUT2D eigenvalue weighted by atomic mass is 9.76. The summed E-state index contributed by atoms with van der Waals surface area (Å²) in [5.74, 6) is 0.696. The highest BCUT2D eigenvalue weighted by atomic mass is 79.9. The molecule has 1 saturated carbocycles. The number of anilines is 1. The van der Waals surface area contributed by atoms with Gasteiger partial charge in [0.2, 0.25) is 0 Å². The zero-order valence-corrected chi connectivity index (χ0v) is 11.5. The molecule has 1 aromatic heterocycles. The van der Waals surface area contributed by atoms with Gasteiger partial charge >= 0.3 is 0 Å². The third kappa shape index (κ3) is 2.50. The summed E-state index contributed by atoms with van der Waals surface area (Å²) < 4.78 is 4.99. The molecule has 88 valence electrons. The van der Waals surface area contributed by atoms with Crippen LogP contribution in [0.5, 0.6) is 0 Å². The second kappa shape index (κ2) is 4.74. The van der Waals surface area contributed by atoms with Gasteiger partial charge in [0.1, 0.15) is 5.00 Å². The number of halogens is 1. The van der Waals surface area contributed by atoms with Gasteiger partial charge < -0.3 is 5.32 Å². The lowest BCUT2D eigenvalue weighted by molar-refractivity contribution is 0.374. The van der Waals surface area contributed by atoms with Gasteiger partial charge in [-0.2, -0.15) is 0 Å². The molecule has 1 aromatic carbocycles. The van der Waals surface area contributed by atoms with E-state index >= 15 is 0 Å². The zero-order chi connectivity index (χ0) is 11.7. The summed E-state index contributed by atoms with van der Waals surface area (Å²) in [7, 11) is 0. The number of nitrogens with zero attached hydrogens (tertiary/aromatic N) is 2. The van der Waals surface area contributed by atoms with Gasteiger partial charge in [-0.05, 0) is 36.5 Å². The normalized spacial score (nSPS) is 23.1. The average molecular weight is 310 g/mol. The van der Waals surface area contributed by atoms with E-state index in [1.807, 2.05) is 0 Å². The molecule has 17 heavy (non-hydrogen) atoms. The maximum Gasteiger partial charge on any atom is 0.130 e. The molecule has 0 saturated heterocycles. The van der Waals surface area contributed by atoms with E-state index in [2.05, 4.69) is 55.1 Å². The van der Waals surface area contributed by atoms with E-state index in [1.165, 1.54) is 29.9 Å². The SMILES string of the molecule is Brc1ccc(C2CC(Nc3cnns3)C2)cc1. The topological polar surface area (TPSA) is 37.8 Å². The minimum Gasteiger partial charge on any atom is -0.372 e. The Labute approximate surface area is 113 Å². The molecule has 1 aliphatic rings. The quantitative estimate of drug-likeness (QED) is 0.940. The van der Waals surface area contributed by atoms with E-state index in [0.717, 1.165) is 9.47 Å². The van der Waals surface area contributed by atoms with Gasteiger partial charge in [-0.25, -0.2) is 0 Å². The van der Waals surface area contributed by atoms with Crippen molar-refractivity contribution in [3.63, 3.8) is 0 Å². The molecule has 1 heterocycles. The predicted molar refractivity (Wildman–Crippen MR) is 73.4 cm³/mol. The number of hydrogen-bond donors (Lipinski definition) is 1. The van der Waals surface area contributed by atoms with Gasteiger partial charge in [0.15, 0.2) is 0 Å². The molecule has 0 amide bonds. The van der Waals surface area contributed by atoms with Gasteiger partial charge in [-0.15, -0.1) is 5.10 Å². The van der Waals surface area contributed by atoms with Crippen LogP contribution in [0.3, 0.4) is 0 Å². The van der Waals surface area contributed by atoms with Crippen LogP contribution >= 0.6 is 27.5 Å². The molecular weight excluding hydrogens is 298 g/mol. The number of nitrogens with one attached hydrogen (secondary N) is 1. The maximum absolute atomic E-state index is 3.84. The van der Waals surface area contributed by atoms with E-state index in [1.54, 1.807) is 6.20 Å². The van der Waals surface area contributed by atoms with E-state index in [0.29, 0.717) is 12.0 Å². The predicted octanol–water partition coefficient (Wildman–Crippen LogP) is 3.66. The van der Waals surface area contributed by atoms with Gasteiger partial charge in [-0.3, -0.25) is 0 Å². The van der Waals surface area contributed by atoms with Crippen LogP contribution in [0, 0.1) is 0 Å². The number of aromatic nitrogens is 2. The monoisotopic (exact) mass is 309 g/mol. The molecule has 1 N–H and O–H groups in total. The fourth-order valence-electron chi connectivity index (χ4n) is 2.17. The van der Waals surface area contributed by atoms with Crippen LogP contribution in [0.25, 0.3) is 0 Å². The largest absolute Gasteiger partial charge is 0.372 e. The Bertz CT molecular complexity index is 477. The van der Waals surface area contributed by atoms with Gasteiger partial charge in [0.25, 0.3) is 0 Å². The minimum absolute atomic E-state index is 0.575. The number of rotatable bonds is 3. The Hall–Kier alpha value is -0.940. The molecule has 1 aliphatic carbocycles. The summed E-state index contributed by atoms with van der Waals surface area (Å²) in [6, 6.07) is 9.22. The number of benzene rings is 1. The highest BCUT2D eigenvalue weighted by Gasteiger charge is 2.30. The maximum atomic E-state index is 3.84. The lowest BCUT2D eigenvalue weighted by Gasteiger charge is -2.36. The van der Waals surface area contributed by atoms with Gasteiger partial charge in [0, 0.05) is 22.0 Å². The fraction of sp³-hybridized carbons (Fsp3) is 0.333. The first-order chi connectivity index (χ1) is 8.31. The van der Waals surface area contributed by atoms with Crippen LogP contribution in [0.2, 0.25) is 0 Å². The minimum atomic E-state index is 0.575. The molecule has 0 bridgehead atoms. The molecule has 3 rings (SSSR count). The lowest BCUT2D eigenvalue weighted by Crippen LogP contribution is -2.33. The Morgan fingerprint density at radius 3 is 2.65 bits per heavy atom. The molecule has 1 fully saturated rings. The summed E-state index contributed by atoms with van der Waals surface area (Å²) in [5, 5.41) is 8.35. The molecule has 0 aliphatic heterocycles. The van der Waals surface area contributed by atoms with Crippen molar-refractivity contribution < 1.29 is 0 Å². The number of hydrogen-bond acceptors (Lipinski definition) is 4. The molecule has 0 radical (unpaired) electrons. The highest BCUT2D eigenvalue weighted by molar-refractivity contribution is 9.10. The molecule has 2 aromatic rings. The molecule has 0 spiro atoms. The van der Waals surface area contributed by atoms with Crippen LogP contribution in [-0.2, 0) is 0 Å².